The van der Waals surface area contributed by atoms with Crippen LogP contribution in [0.4, 0.5) is 0 Å². The third-order valence-corrected chi connectivity index (χ3v) is 3.31. The van der Waals surface area contributed by atoms with Crippen LogP contribution in [0.2, 0.25) is 0 Å². The van der Waals surface area contributed by atoms with Gasteiger partial charge >= 0.3 is 0 Å². The summed E-state index contributed by atoms with van der Waals surface area (Å²) in [6, 6.07) is 1.97. The minimum Gasteiger partial charge on any atom is -0.360 e. The first kappa shape index (κ1) is 11.6. The predicted molar refractivity (Wildman–Crippen MR) is 62.7 cm³/mol. The Bertz CT molecular complexity index is 324. The molecule has 0 aliphatic carbocycles. The molecule has 0 bridgehead atoms. The highest BCUT2D eigenvalue weighted by Crippen LogP contribution is 2.18. The molecule has 2 heterocycles. The van der Waals surface area contributed by atoms with Gasteiger partial charge in [-0.05, 0) is 38.3 Å². The first-order valence-corrected chi connectivity index (χ1v) is 6.15. The highest BCUT2D eigenvalue weighted by Gasteiger charge is 2.15. The van der Waals surface area contributed by atoms with E-state index >= 15 is 0 Å². The Morgan fingerprint density at radius 3 is 3.12 bits per heavy atom. The predicted octanol–water partition coefficient (Wildman–Crippen LogP) is 1.76. The molecule has 4 nitrogen and oxygen atoms in total. The van der Waals surface area contributed by atoms with E-state index in [0.29, 0.717) is 6.54 Å². The van der Waals surface area contributed by atoms with Gasteiger partial charge in [0.2, 0.25) is 0 Å². The summed E-state index contributed by atoms with van der Waals surface area (Å²) in [5.41, 5.74) is 6.35. The molecule has 2 N–H and O–H groups in total. The monoisotopic (exact) mass is 223 g/mol. The van der Waals surface area contributed by atoms with E-state index in [1.165, 1.54) is 32.4 Å². The number of aromatic nitrogens is 1. The third kappa shape index (κ3) is 3.06. The van der Waals surface area contributed by atoms with Crippen molar-refractivity contribution in [2.75, 3.05) is 13.1 Å². The van der Waals surface area contributed by atoms with Crippen LogP contribution >= 0.6 is 0 Å². The Labute approximate surface area is 96.8 Å². The molecule has 0 spiro atoms. The van der Waals surface area contributed by atoms with Gasteiger partial charge in [0, 0.05) is 12.6 Å². The minimum absolute atomic E-state index is 0.459. The van der Waals surface area contributed by atoms with E-state index in [1.54, 1.807) is 0 Å². The molecule has 1 atom stereocenters. The zero-order valence-electron chi connectivity index (χ0n) is 9.98. The van der Waals surface area contributed by atoms with Gasteiger partial charge in [0.1, 0.15) is 0 Å². The van der Waals surface area contributed by atoms with Crippen molar-refractivity contribution in [2.24, 2.45) is 11.7 Å². The first-order valence-electron chi connectivity index (χ1n) is 6.15. The summed E-state index contributed by atoms with van der Waals surface area (Å²) in [6.45, 7) is 6.01. The molecule has 1 fully saturated rings. The summed E-state index contributed by atoms with van der Waals surface area (Å²) in [7, 11) is 0. The summed E-state index contributed by atoms with van der Waals surface area (Å²) in [4.78, 5) is 2.45. The van der Waals surface area contributed by atoms with Crippen LogP contribution in [0.5, 0.6) is 0 Å². The van der Waals surface area contributed by atoms with Gasteiger partial charge in [-0.3, -0.25) is 4.90 Å². The Kier molecular flexibility index (Phi) is 3.96. The SMILES string of the molecule is CC1CCCN(Cc2cc(CN)no2)CC1. The van der Waals surface area contributed by atoms with E-state index in [0.717, 1.165) is 23.9 Å². The van der Waals surface area contributed by atoms with E-state index in [-0.39, 0.29) is 0 Å². The van der Waals surface area contributed by atoms with Crippen molar-refractivity contribution in [2.45, 2.75) is 39.3 Å². The molecule has 1 saturated heterocycles. The second kappa shape index (κ2) is 5.46. The molecule has 0 saturated carbocycles. The van der Waals surface area contributed by atoms with Gasteiger partial charge in [0.05, 0.1) is 12.2 Å². The lowest BCUT2D eigenvalue weighted by molar-refractivity contribution is 0.236. The molecule has 1 unspecified atom stereocenters. The molecule has 90 valence electrons. The number of hydrogen-bond donors (Lipinski definition) is 1. The lowest BCUT2D eigenvalue weighted by atomic mass is 10.0. The van der Waals surface area contributed by atoms with Crippen LogP contribution in [0.25, 0.3) is 0 Å². The topological polar surface area (TPSA) is 55.3 Å². The zero-order valence-corrected chi connectivity index (χ0v) is 9.98. The van der Waals surface area contributed by atoms with E-state index < -0.39 is 0 Å². The van der Waals surface area contributed by atoms with Gasteiger partial charge in [-0.25, -0.2) is 0 Å². The maximum Gasteiger partial charge on any atom is 0.151 e. The second-order valence-corrected chi connectivity index (χ2v) is 4.80. The molecule has 4 heteroatoms. The standard InChI is InChI=1S/C12H21N3O/c1-10-3-2-5-15(6-4-10)9-12-7-11(8-13)14-16-12/h7,10H,2-6,8-9,13H2,1H3. The van der Waals surface area contributed by atoms with E-state index in [9.17, 15) is 0 Å². The number of likely N-dealkylation sites (tertiary alicyclic amines) is 1. The fourth-order valence-electron chi connectivity index (χ4n) is 2.23. The van der Waals surface area contributed by atoms with Crippen molar-refractivity contribution in [3.63, 3.8) is 0 Å². The average Bonchev–Trinajstić information content (AvgIpc) is 2.63. The second-order valence-electron chi connectivity index (χ2n) is 4.80. The molecule has 1 aliphatic rings. The van der Waals surface area contributed by atoms with Crippen molar-refractivity contribution in [3.8, 4) is 0 Å². The largest absolute Gasteiger partial charge is 0.360 e. The number of nitrogens with zero attached hydrogens (tertiary/aromatic N) is 2. The quantitative estimate of drug-likeness (QED) is 0.848. The van der Waals surface area contributed by atoms with Gasteiger partial charge in [-0.15, -0.1) is 0 Å². The van der Waals surface area contributed by atoms with Crippen molar-refractivity contribution < 1.29 is 4.52 Å². The lowest BCUT2D eigenvalue weighted by Crippen LogP contribution is -2.23. The van der Waals surface area contributed by atoms with Gasteiger partial charge < -0.3 is 10.3 Å². The maximum atomic E-state index is 5.50. The van der Waals surface area contributed by atoms with Crippen LogP contribution in [0.3, 0.4) is 0 Å². The summed E-state index contributed by atoms with van der Waals surface area (Å²) < 4.78 is 5.25. The minimum atomic E-state index is 0.459. The molecule has 16 heavy (non-hydrogen) atoms. The van der Waals surface area contributed by atoms with Crippen molar-refractivity contribution in [1.82, 2.24) is 10.1 Å². The normalized spacial score (nSPS) is 23.2. The van der Waals surface area contributed by atoms with Crippen LogP contribution in [0.1, 0.15) is 37.6 Å². The summed E-state index contributed by atoms with van der Waals surface area (Å²) >= 11 is 0. The van der Waals surface area contributed by atoms with Crippen molar-refractivity contribution >= 4 is 0 Å². The number of rotatable bonds is 3. The Morgan fingerprint density at radius 1 is 1.50 bits per heavy atom. The van der Waals surface area contributed by atoms with Crippen LogP contribution in [-0.2, 0) is 13.1 Å². The smallest absolute Gasteiger partial charge is 0.151 e. The third-order valence-electron chi connectivity index (χ3n) is 3.31. The van der Waals surface area contributed by atoms with Gasteiger partial charge in [-0.1, -0.05) is 12.1 Å². The lowest BCUT2D eigenvalue weighted by Gasteiger charge is -2.17. The van der Waals surface area contributed by atoms with Crippen molar-refractivity contribution in [1.29, 1.82) is 0 Å². The molecule has 1 aromatic rings. The summed E-state index contributed by atoms with van der Waals surface area (Å²) in [5, 5.41) is 3.91. The zero-order chi connectivity index (χ0) is 11.4. The molecule has 1 aromatic heterocycles. The molecule has 0 radical (unpaired) electrons. The van der Waals surface area contributed by atoms with Crippen LogP contribution in [0.15, 0.2) is 10.6 Å². The Hall–Kier alpha value is -0.870. The number of hydrogen-bond acceptors (Lipinski definition) is 4. The van der Waals surface area contributed by atoms with E-state index in [2.05, 4.69) is 17.0 Å². The highest BCUT2D eigenvalue weighted by atomic mass is 16.5. The summed E-state index contributed by atoms with van der Waals surface area (Å²) in [6.07, 6.45) is 3.93. The maximum absolute atomic E-state index is 5.50. The van der Waals surface area contributed by atoms with Gasteiger partial charge in [0.25, 0.3) is 0 Å². The van der Waals surface area contributed by atoms with Gasteiger partial charge in [0.15, 0.2) is 5.76 Å². The molecular weight excluding hydrogens is 202 g/mol. The fraction of sp³-hybridized carbons (Fsp3) is 0.750. The average molecular weight is 223 g/mol. The highest BCUT2D eigenvalue weighted by molar-refractivity contribution is 5.04. The van der Waals surface area contributed by atoms with E-state index in [1.807, 2.05) is 6.07 Å². The molecule has 1 aliphatic heterocycles. The summed E-state index contributed by atoms with van der Waals surface area (Å²) in [5.74, 6) is 1.80. The van der Waals surface area contributed by atoms with Crippen LogP contribution in [-0.4, -0.2) is 23.1 Å². The first-order chi connectivity index (χ1) is 7.78. The van der Waals surface area contributed by atoms with Gasteiger partial charge in [-0.2, -0.15) is 0 Å². The molecule has 2 rings (SSSR count). The molecular formula is C12H21N3O. The number of nitrogens with two attached hydrogens (primary N) is 1. The molecule has 0 amide bonds. The Balaban J connectivity index is 1.88. The van der Waals surface area contributed by atoms with Crippen LogP contribution in [0, 0.1) is 5.92 Å². The van der Waals surface area contributed by atoms with Crippen LogP contribution < -0.4 is 5.73 Å². The fourth-order valence-corrected chi connectivity index (χ4v) is 2.23. The van der Waals surface area contributed by atoms with Crippen molar-refractivity contribution in [3.05, 3.63) is 17.5 Å². The van der Waals surface area contributed by atoms with E-state index in [4.69, 9.17) is 10.3 Å². The molecule has 0 aromatic carbocycles. The Morgan fingerprint density at radius 2 is 2.38 bits per heavy atom.